The van der Waals surface area contributed by atoms with E-state index in [1.807, 2.05) is 0 Å². The zero-order valence-corrected chi connectivity index (χ0v) is 7.69. The first-order valence-electron chi connectivity index (χ1n) is 3.80. The van der Waals surface area contributed by atoms with Gasteiger partial charge in [0.05, 0.1) is 13.7 Å². The highest BCUT2D eigenvalue weighted by Crippen LogP contribution is 1.83. The van der Waals surface area contributed by atoms with Crippen molar-refractivity contribution in [2.75, 3.05) is 20.3 Å². The first-order chi connectivity index (χ1) is 6.70. The van der Waals surface area contributed by atoms with Crippen LogP contribution in [0.25, 0.3) is 0 Å². The van der Waals surface area contributed by atoms with Crippen molar-refractivity contribution < 1.29 is 23.9 Å². The molecule has 0 saturated heterocycles. The molecular formula is C8H11NO5. The van der Waals surface area contributed by atoms with Crippen molar-refractivity contribution in [2.24, 2.45) is 0 Å². The molecule has 78 valence electrons. The van der Waals surface area contributed by atoms with Crippen LogP contribution in [0.5, 0.6) is 0 Å². The minimum atomic E-state index is -0.664. The lowest BCUT2D eigenvalue weighted by molar-refractivity contribution is -0.139. The summed E-state index contributed by atoms with van der Waals surface area (Å²) in [6.45, 7) is 0.296. The molecule has 0 radical (unpaired) electrons. The summed E-state index contributed by atoms with van der Waals surface area (Å²) in [5.74, 6) is -1.30. The maximum Gasteiger partial charge on any atom is 0.331 e. The number of amides is 1. The lowest BCUT2D eigenvalue weighted by atomic mass is 10.5. The van der Waals surface area contributed by atoms with Gasteiger partial charge in [0, 0.05) is 12.2 Å². The molecule has 0 fully saturated rings. The van der Waals surface area contributed by atoms with E-state index in [1.54, 1.807) is 0 Å². The maximum atomic E-state index is 10.8. The Balaban J connectivity index is 3.59. The lowest BCUT2D eigenvalue weighted by Crippen LogP contribution is -2.19. The third kappa shape index (κ3) is 6.84. The summed E-state index contributed by atoms with van der Waals surface area (Å²) in [4.78, 5) is 31.1. The third-order valence-corrected chi connectivity index (χ3v) is 1.13. The molecule has 0 heterocycles. The van der Waals surface area contributed by atoms with Gasteiger partial charge in [0.2, 0.25) is 6.41 Å². The van der Waals surface area contributed by atoms with E-state index < -0.39 is 11.9 Å². The van der Waals surface area contributed by atoms with Gasteiger partial charge < -0.3 is 14.8 Å². The van der Waals surface area contributed by atoms with Crippen molar-refractivity contribution in [3.8, 4) is 0 Å². The molecule has 0 aromatic carbocycles. The second-order valence-corrected chi connectivity index (χ2v) is 2.10. The molecule has 1 N–H and O–H groups in total. The summed E-state index contributed by atoms with van der Waals surface area (Å²) >= 11 is 0. The fourth-order valence-corrected chi connectivity index (χ4v) is 0.522. The van der Waals surface area contributed by atoms with Crippen LogP contribution in [-0.4, -0.2) is 38.6 Å². The van der Waals surface area contributed by atoms with E-state index in [2.05, 4.69) is 14.8 Å². The molecule has 0 atom stereocenters. The van der Waals surface area contributed by atoms with Crippen molar-refractivity contribution in [2.45, 2.75) is 0 Å². The van der Waals surface area contributed by atoms with Crippen LogP contribution in [-0.2, 0) is 23.9 Å². The molecular weight excluding hydrogens is 190 g/mol. The summed E-state index contributed by atoms with van der Waals surface area (Å²) in [5.41, 5.74) is 0. The SMILES string of the molecule is COC(=O)/C=C/C(=O)OCCNC=O. The highest BCUT2D eigenvalue weighted by molar-refractivity contribution is 5.91. The highest BCUT2D eigenvalue weighted by Gasteiger charge is 1.98. The van der Waals surface area contributed by atoms with E-state index in [1.165, 1.54) is 7.11 Å². The Bertz CT molecular complexity index is 236. The average Bonchev–Trinajstić information content (AvgIpc) is 2.21. The summed E-state index contributed by atoms with van der Waals surface area (Å²) in [7, 11) is 1.20. The van der Waals surface area contributed by atoms with Crippen molar-refractivity contribution in [1.82, 2.24) is 5.32 Å². The van der Waals surface area contributed by atoms with E-state index in [9.17, 15) is 14.4 Å². The molecule has 0 unspecified atom stereocenters. The number of nitrogens with one attached hydrogen (secondary N) is 1. The topological polar surface area (TPSA) is 81.7 Å². The van der Waals surface area contributed by atoms with Crippen LogP contribution < -0.4 is 5.32 Å². The predicted octanol–water partition coefficient (Wildman–Crippen LogP) is -0.995. The van der Waals surface area contributed by atoms with Gasteiger partial charge in [-0.3, -0.25) is 4.79 Å². The number of rotatable bonds is 6. The van der Waals surface area contributed by atoms with Crippen LogP contribution in [0.15, 0.2) is 12.2 Å². The molecule has 0 aromatic rings. The van der Waals surface area contributed by atoms with E-state index >= 15 is 0 Å². The quantitative estimate of drug-likeness (QED) is 0.258. The fourth-order valence-electron chi connectivity index (χ4n) is 0.522. The zero-order valence-electron chi connectivity index (χ0n) is 7.69. The largest absolute Gasteiger partial charge is 0.466 e. The number of hydrogen-bond acceptors (Lipinski definition) is 5. The molecule has 0 aromatic heterocycles. The van der Waals surface area contributed by atoms with Crippen molar-refractivity contribution in [3.63, 3.8) is 0 Å². The number of carbonyl (C=O) groups is 3. The number of methoxy groups -OCH3 is 1. The van der Waals surface area contributed by atoms with Crippen molar-refractivity contribution in [3.05, 3.63) is 12.2 Å². The molecule has 6 heteroatoms. The van der Waals surface area contributed by atoms with Crippen LogP contribution in [0.4, 0.5) is 0 Å². The number of hydrogen-bond donors (Lipinski definition) is 1. The molecule has 0 spiro atoms. The van der Waals surface area contributed by atoms with E-state index in [0.717, 1.165) is 12.2 Å². The van der Waals surface area contributed by atoms with Crippen LogP contribution in [0.2, 0.25) is 0 Å². The number of carbonyl (C=O) groups excluding carboxylic acids is 3. The Kier molecular flexibility index (Phi) is 6.75. The second kappa shape index (κ2) is 7.78. The normalized spacial score (nSPS) is 9.50. The van der Waals surface area contributed by atoms with Crippen molar-refractivity contribution in [1.29, 1.82) is 0 Å². The molecule has 0 saturated carbocycles. The second-order valence-electron chi connectivity index (χ2n) is 2.10. The van der Waals surface area contributed by atoms with Crippen LogP contribution in [0.1, 0.15) is 0 Å². The Morgan fingerprint density at radius 1 is 1.29 bits per heavy atom. The Morgan fingerprint density at radius 2 is 1.93 bits per heavy atom. The van der Waals surface area contributed by atoms with Gasteiger partial charge in [-0.05, 0) is 0 Å². The molecule has 0 aliphatic carbocycles. The first-order valence-corrected chi connectivity index (χ1v) is 3.80. The maximum absolute atomic E-state index is 10.8. The molecule has 0 aliphatic rings. The first kappa shape index (κ1) is 12.2. The van der Waals surface area contributed by atoms with Gasteiger partial charge in [-0.2, -0.15) is 0 Å². The standard InChI is InChI=1S/C8H11NO5/c1-13-7(11)2-3-8(12)14-5-4-9-6-10/h2-3,6H,4-5H2,1H3,(H,9,10)/b3-2+. The summed E-state index contributed by atoms with van der Waals surface area (Å²) in [6.07, 6.45) is 2.40. The molecule has 6 nitrogen and oxygen atoms in total. The van der Waals surface area contributed by atoms with Crippen LogP contribution >= 0.6 is 0 Å². The number of esters is 2. The van der Waals surface area contributed by atoms with E-state index in [0.29, 0.717) is 6.41 Å². The summed E-state index contributed by atoms with van der Waals surface area (Å²) in [6, 6.07) is 0. The van der Waals surface area contributed by atoms with E-state index in [-0.39, 0.29) is 13.2 Å². The van der Waals surface area contributed by atoms with Gasteiger partial charge in [-0.15, -0.1) is 0 Å². The van der Waals surface area contributed by atoms with Gasteiger partial charge in [-0.25, -0.2) is 9.59 Å². The molecule has 14 heavy (non-hydrogen) atoms. The van der Waals surface area contributed by atoms with Gasteiger partial charge >= 0.3 is 11.9 Å². The van der Waals surface area contributed by atoms with Gasteiger partial charge in [0.25, 0.3) is 0 Å². The van der Waals surface area contributed by atoms with Crippen molar-refractivity contribution >= 4 is 18.3 Å². The average molecular weight is 201 g/mol. The Morgan fingerprint density at radius 3 is 2.50 bits per heavy atom. The minimum Gasteiger partial charge on any atom is -0.466 e. The van der Waals surface area contributed by atoms with Crippen LogP contribution in [0, 0.1) is 0 Å². The van der Waals surface area contributed by atoms with Gasteiger partial charge in [0.1, 0.15) is 6.61 Å². The predicted molar refractivity (Wildman–Crippen MR) is 46.2 cm³/mol. The third-order valence-electron chi connectivity index (χ3n) is 1.13. The minimum absolute atomic E-state index is 0.0586. The summed E-state index contributed by atoms with van der Waals surface area (Å²) < 4.78 is 8.84. The van der Waals surface area contributed by atoms with Crippen LogP contribution in [0.3, 0.4) is 0 Å². The monoisotopic (exact) mass is 201 g/mol. The molecule has 0 rings (SSSR count). The smallest absolute Gasteiger partial charge is 0.331 e. The Labute approximate surface area is 80.9 Å². The molecule has 0 bridgehead atoms. The fraction of sp³-hybridized carbons (Fsp3) is 0.375. The van der Waals surface area contributed by atoms with Gasteiger partial charge in [-0.1, -0.05) is 0 Å². The lowest BCUT2D eigenvalue weighted by Gasteiger charge is -1.99. The summed E-state index contributed by atoms with van der Waals surface area (Å²) in [5, 5.41) is 2.31. The highest BCUT2D eigenvalue weighted by atomic mass is 16.5. The molecule has 0 aliphatic heterocycles. The number of ether oxygens (including phenoxy) is 2. The van der Waals surface area contributed by atoms with E-state index in [4.69, 9.17) is 0 Å². The molecule has 1 amide bonds. The van der Waals surface area contributed by atoms with Gasteiger partial charge in [0.15, 0.2) is 0 Å². The Hall–Kier alpha value is -1.85. The zero-order chi connectivity index (χ0) is 10.8.